The third kappa shape index (κ3) is 4.42. The molecule has 0 saturated carbocycles. The van der Waals surface area contributed by atoms with Gasteiger partial charge >= 0.3 is 5.97 Å². The third-order valence-corrected chi connectivity index (χ3v) is 2.13. The Morgan fingerprint density at radius 3 is 2.74 bits per heavy atom. The van der Waals surface area contributed by atoms with Crippen molar-refractivity contribution in [3.05, 3.63) is 35.7 Å². The van der Waals surface area contributed by atoms with Crippen molar-refractivity contribution in [1.29, 1.82) is 0 Å². The Bertz CT molecular complexity index is 505. The number of carbonyl (C=O) groups is 1. The zero-order valence-electron chi connectivity index (χ0n) is 11.1. The highest BCUT2D eigenvalue weighted by atomic mass is 16.5. The molecule has 6 heteroatoms. The Hall–Kier alpha value is -2.37. The first-order valence-electron chi connectivity index (χ1n) is 5.71. The van der Waals surface area contributed by atoms with E-state index in [9.17, 15) is 9.90 Å². The number of aliphatic hydroxyl groups excluding tert-OH is 1. The average molecular weight is 264 g/mol. The van der Waals surface area contributed by atoms with Gasteiger partial charge in [-0.25, -0.2) is 4.79 Å². The van der Waals surface area contributed by atoms with Crippen molar-refractivity contribution >= 4 is 11.7 Å². The Kier molecular flexibility index (Phi) is 5.53. The van der Waals surface area contributed by atoms with Crippen LogP contribution in [-0.2, 0) is 9.53 Å². The van der Waals surface area contributed by atoms with Crippen LogP contribution in [0.2, 0.25) is 0 Å². The SMILES string of the molecule is CCOC(=O)C(N=Nc1cccc(OC)c1)=C(C)O. The minimum Gasteiger partial charge on any atom is -0.510 e. The number of ether oxygens (including phenoxy) is 2. The number of methoxy groups -OCH3 is 1. The summed E-state index contributed by atoms with van der Waals surface area (Å²) in [5.74, 6) is -0.335. The van der Waals surface area contributed by atoms with Crippen LogP contribution < -0.4 is 4.74 Å². The lowest BCUT2D eigenvalue weighted by Crippen LogP contribution is -2.07. The lowest BCUT2D eigenvalue weighted by molar-refractivity contribution is -0.138. The van der Waals surface area contributed by atoms with E-state index in [-0.39, 0.29) is 18.1 Å². The lowest BCUT2D eigenvalue weighted by atomic mass is 10.3. The number of carbonyl (C=O) groups excluding carboxylic acids is 1. The van der Waals surface area contributed by atoms with E-state index < -0.39 is 5.97 Å². The molecule has 1 N–H and O–H groups in total. The standard InChI is InChI=1S/C13H16N2O4/c1-4-19-13(17)12(9(2)16)15-14-10-6-5-7-11(8-10)18-3/h5-8,16H,4H2,1-3H3. The molecule has 0 aliphatic rings. The fraction of sp³-hybridized carbons (Fsp3) is 0.308. The summed E-state index contributed by atoms with van der Waals surface area (Å²) in [6.07, 6.45) is 0. The van der Waals surface area contributed by atoms with E-state index in [0.717, 1.165) is 0 Å². The summed E-state index contributed by atoms with van der Waals surface area (Å²) in [4.78, 5) is 11.5. The molecule has 6 nitrogen and oxygen atoms in total. The molecule has 0 aromatic heterocycles. The van der Waals surface area contributed by atoms with Gasteiger partial charge in [0.2, 0.25) is 5.70 Å². The van der Waals surface area contributed by atoms with Gasteiger partial charge in [0.25, 0.3) is 0 Å². The molecular formula is C13H16N2O4. The molecule has 0 aliphatic carbocycles. The lowest BCUT2D eigenvalue weighted by Gasteiger charge is -2.02. The Morgan fingerprint density at radius 2 is 2.16 bits per heavy atom. The van der Waals surface area contributed by atoms with Crippen molar-refractivity contribution in [3.63, 3.8) is 0 Å². The van der Waals surface area contributed by atoms with Gasteiger partial charge in [-0.15, -0.1) is 5.11 Å². The second-order valence-corrected chi connectivity index (χ2v) is 3.56. The smallest absolute Gasteiger partial charge is 0.362 e. The van der Waals surface area contributed by atoms with Crippen molar-refractivity contribution in [2.24, 2.45) is 10.2 Å². The molecule has 0 atom stereocenters. The van der Waals surface area contributed by atoms with Crippen molar-refractivity contribution in [1.82, 2.24) is 0 Å². The molecule has 0 bridgehead atoms. The summed E-state index contributed by atoms with van der Waals surface area (Å²) in [5, 5.41) is 17.0. The summed E-state index contributed by atoms with van der Waals surface area (Å²) in [5.41, 5.74) is 0.284. The normalized spacial score (nSPS) is 12.2. The zero-order chi connectivity index (χ0) is 14.3. The van der Waals surface area contributed by atoms with Crippen LogP contribution >= 0.6 is 0 Å². The van der Waals surface area contributed by atoms with Gasteiger partial charge in [0.15, 0.2) is 0 Å². The maximum atomic E-state index is 11.5. The number of aliphatic hydroxyl groups is 1. The van der Waals surface area contributed by atoms with Gasteiger partial charge in [-0.3, -0.25) is 0 Å². The molecule has 0 radical (unpaired) electrons. The van der Waals surface area contributed by atoms with Crippen LogP contribution in [-0.4, -0.2) is 24.8 Å². The van der Waals surface area contributed by atoms with Crippen LogP contribution in [0.1, 0.15) is 13.8 Å². The molecule has 0 heterocycles. The van der Waals surface area contributed by atoms with Crippen LogP contribution in [0.15, 0.2) is 46.0 Å². The van der Waals surface area contributed by atoms with Crippen molar-refractivity contribution in [2.45, 2.75) is 13.8 Å². The molecule has 0 unspecified atom stereocenters. The van der Waals surface area contributed by atoms with Gasteiger partial charge in [0, 0.05) is 6.07 Å². The molecule has 1 aromatic carbocycles. The van der Waals surface area contributed by atoms with Gasteiger partial charge in [0.1, 0.15) is 11.5 Å². The number of hydrogen-bond donors (Lipinski definition) is 1. The quantitative estimate of drug-likeness (QED) is 0.383. The summed E-state index contributed by atoms with van der Waals surface area (Å²) < 4.78 is 9.80. The molecule has 0 aliphatic heterocycles. The topological polar surface area (TPSA) is 80.5 Å². The molecule has 0 saturated heterocycles. The van der Waals surface area contributed by atoms with E-state index in [2.05, 4.69) is 10.2 Å². The second kappa shape index (κ2) is 7.15. The first kappa shape index (κ1) is 14.7. The number of nitrogens with zero attached hydrogens (tertiary/aromatic N) is 2. The number of esters is 1. The maximum absolute atomic E-state index is 11.5. The van der Waals surface area contributed by atoms with Gasteiger partial charge in [-0.1, -0.05) is 6.07 Å². The number of benzene rings is 1. The molecule has 0 amide bonds. The van der Waals surface area contributed by atoms with E-state index in [1.807, 2.05) is 0 Å². The number of azo groups is 1. The molecule has 0 spiro atoms. The van der Waals surface area contributed by atoms with Crippen molar-refractivity contribution < 1.29 is 19.4 Å². The fourth-order valence-corrected chi connectivity index (χ4v) is 1.24. The largest absolute Gasteiger partial charge is 0.510 e. The highest BCUT2D eigenvalue weighted by Gasteiger charge is 2.13. The summed E-state index contributed by atoms with van der Waals surface area (Å²) in [6.45, 7) is 3.21. The molecule has 102 valence electrons. The van der Waals surface area contributed by atoms with Crippen LogP contribution in [0, 0.1) is 0 Å². The molecule has 0 fully saturated rings. The van der Waals surface area contributed by atoms with Gasteiger partial charge < -0.3 is 14.6 Å². The maximum Gasteiger partial charge on any atom is 0.362 e. The Labute approximate surface area is 111 Å². The van der Waals surface area contributed by atoms with Crippen LogP contribution in [0.5, 0.6) is 5.75 Å². The van der Waals surface area contributed by atoms with Crippen LogP contribution in [0.4, 0.5) is 5.69 Å². The van der Waals surface area contributed by atoms with Crippen molar-refractivity contribution in [2.75, 3.05) is 13.7 Å². The zero-order valence-corrected chi connectivity index (χ0v) is 11.1. The van der Waals surface area contributed by atoms with Gasteiger partial charge in [-0.2, -0.15) is 5.11 Å². The van der Waals surface area contributed by atoms with Crippen molar-refractivity contribution in [3.8, 4) is 5.75 Å². The average Bonchev–Trinajstić information content (AvgIpc) is 2.39. The predicted octanol–water partition coefficient (Wildman–Crippen LogP) is 3.13. The molecule has 1 aromatic rings. The first-order chi connectivity index (χ1) is 9.08. The van der Waals surface area contributed by atoms with Crippen LogP contribution in [0.25, 0.3) is 0 Å². The van der Waals surface area contributed by atoms with E-state index in [1.165, 1.54) is 14.0 Å². The monoisotopic (exact) mass is 264 g/mol. The predicted molar refractivity (Wildman–Crippen MR) is 69.5 cm³/mol. The number of allylic oxidation sites excluding steroid dienone is 1. The number of rotatable bonds is 5. The second-order valence-electron chi connectivity index (χ2n) is 3.56. The van der Waals surface area contributed by atoms with E-state index >= 15 is 0 Å². The molecular weight excluding hydrogens is 248 g/mol. The van der Waals surface area contributed by atoms with Crippen LogP contribution in [0.3, 0.4) is 0 Å². The van der Waals surface area contributed by atoms with Gasteiger partial charge in [-0.05, 0) is 26.0 Å². The van der Waals surface area contributed by atoms with Gasteiger partial charge in [0.05, 0.1) is 19.4 Å². The highest BCUT2D eigenvalue weighted by molar-refractivity contribution is 5.88. The first-order valence-corrected chi connectivity index (χ1v) is 5.71. The van der Waals surface area contributed by atoms with E-state index in [1.54, 1.807) is 31.2 Å². The van der Waals surface area contributed by atoms with E-state index in [4.69, 9.17) is 9.47 Å². The molecule has 1 rings (SSSR count). The minimum absolute atomic E-state index is 0.199. The minimum atomic E-state index is -0.714. The number of hydrogen-bond acceptors (Lipinski definition) is 6. The summed E-state index contributed by atoms with van der Waals surface area (Å²) in [7, 11) is 1.54. The summed E-state index contributed by atoms with van der Waals surface area (Å²) in [6, 6.07) is 6.85. The fourth-order valence-electron chi connectivity index (χ4n) is 1.24. The Morgan fingerprint density at radius 1 is 1.42 bits per heavy atom. The summed E-state index contributed by atoms with van der Waals surface area (Å²) >= 11 is 0. The Balaban J connectivity index is 2.93. The molecule has 19 heavy (non-hydrogen) atoms. The van der Waals surface area contributed by atoms with E-state index in [0.29, 0.717) is 11.4 Å². The third-order valence-electron chi connectivity index (χ3n) is 2.13. The highest BCUT2D eigenvalue weighted by Crippen LogP contribution is 2.21.